The largest absolute Gasteiger partial charge is 0.493 e. The number of H-pyrrole nitrogens is 1. The monoisotopic (exact) mass is 425 g/mol. The van der Waals surface area contributed by atoms with Gasteiger partial charge in [0.2, 0.25) is 12.0 Å². The minimum absolute atomic E-state index is 0.0133. The highest BCUT2D eigenvalue weighted by molar-refractivity contribution is 5.96. The number of carbonyl (C=O) groups is 2. The maximum absolute atomic E-state index is 12.2. The zero-order valence-corrected chi connectivity index (χ0v) is 15.8. The first-order valence-electron chi connectivity index (χ1n) is 9.02. The quantitative estimate of drug-likeness (QED) is 0.320. The van der Waals surface area contributed by atoms with Gasteiger partial charge < -0.3 is 24.9 Å². The average Bonchev–Trinajstić information content (AvgIpc) is 3.09. The van der Waals surface area contributed by atoms with Crippen molar-refractivity contribution in [1.29, 1.82) is 0 Å². The Balaban J connectivity index is 1.39. The van der Waals surface area contributed by atoms with Crippen molar-refractivity contribution < 1.29 is 29.1 Å². The molecule has 31 heavy (non-hydrogen) atoms. The molecule has 1 aliphatic heterocycles. The van der Waals surface area contributed by atoms with Gasteiger partial charge in [0.25, 0.3) is 17.5 Å². The number of rotatable bonds is 5. The number of aromatic amines is 1. The van der Waals surface area contributed by atoms with Gasteiger partial charge in [-0.1, -0.05) is 12.1 Å². The number of hydrogen-bond acceptors (Lipinski definition) is 8. The van der Waals surface area contributed by atoms with E-state index < -0.39 is 35.3 Å². The molecule has 3 N–H and O–H groups in total. The second-order valence-electron chi connectivity index (χ2n) is 6.48. The molecule has 158 valence electrons. The van der Waals surface area contributed by atoms with E-state index in [0.717, 1.165) is 0 Å². The van der Waals surface area contributed by atoms with E-state index in [1.165, 1.54) is 18.2 Å². The zero-order valence-electron chi connectivity index (χ0n) is 15.8. The van der Waals surface area contributed by atoms with Crippen molar-refractivity contribution in [3.05, 3.63) is 52.6 Å². The SMILES string of the molecule is O=C(CNC(=O)[C@@H]1COc2ccccc2O1)N=Nc1c(O)[nH]c2ccc([N+](=O)[O-])cc12. The van der Waals surface area contributed by atoms with Crippen LogP contribution >= 0.6 is 0 Å². The number of fused-ring (bicyclic) bond motifs is 2. The second kappa shape index (κ2) is 8.10. The summed E-state index contributed by atoms with van der Waals surface area (Å²) in [6, 6.07) is 10.7. The molecule has 12 heteroatoms. The van der Waals surface area contributed by atoms with E-state index in [4.69, 9.17) is 9.47 Å². The lowest BCUT2D eigenvalue weighted by Crippen LogP contribution is -2.45. The van der Waals surface area contributed by atoms with Crippen molar-refractivity contribution in [3.8, 4) is 17.4 Å². The van der Waals surface area contributed by atoms with Gasteiger partial charge in [0, 0.05) is 17.5 Å². The molecule has 0 fully saturated rings. The number of ether oxygens (including phenoxy) is 2. The van der Waals surface area contributed by atoms with Crippen molar-refractivity contribution in [3.63, 3.8) is 0 Å². The van der Waals surface area contributed by atoms with E-state index in [0.29, 0.717) is 17.0 Å². The van der Waals surface area contributed by atoms with Crippen LogP contribution in [0.3, 0.4) is 0 Å². The number of azo groups is 1. The van der Waals surface area contributed by atoms with E-state index in [2.05, 4.69) is 20.5 Å². The van der Waals surface area contributed by atoms with E-state index >= 15 is 0 Å². The van der Waals surface area contributed by atoms with E-state index in [1.54, 1.807) is 24.3 Å². The van der Waals surface area contributed by atoms with Crippen LogP contribution in [0, 0.1) is 10.1 Å². The summed E-state index contributed by atoms with van der Waals surface area (Å²) in [5.41, 5.74) is 0.0457. The Bertz CT molecular complexity index is 1220. The molecule has 2 heterocycles. The normalized spacial score (nSPS) is 15.2. The zero-order chi connectivity index (χ0) is 22.0. The lowest BCUT2D eigenvalue weighted by molar-refractivity contribution is -0.384. The van der Waals surface area contributed by atoms with Gasteiger partial charge in [-0.05, 0) is 18.2 Å². The topological polar surface area (TPSA) is 169 Å². The van der Waals surface area contributed by atoms with Gasteiger partial charge in [-0.25, -0.2) is 0 Å². The Labute approximate surface area is 173 Å². The molecule has 0 aliphatic carbocycles. The van der Waals surface area contributed by atoms with Gasteiger partial charge in [0.15, 0.2) is 17.2 Å². The van der Waals surface area contributed by atoms with Gasteiger partial charge in [0.1, 0.15) is 13.2 Å². The number of nitro benzene ring substituents is 1. The van der Waals surface area contributed by atoms with Crippen LogP contribution in [0.1, 0.15) is 0 Å². The first kappa shape index (κ1) is 19.8. The molecule has 3 aromatic rings. The number of hydrogen-bond donors (Lipinski definition) is 3. The molecule has 0 bridgehead atoms. The minimum atomic E-state index is -0.933. The molecule has 0 saturated carbocycles. The molecular formula is C19H15N5O7. The summed E-state index contributed by atoms with van der Waals surface area (Å²) in [5, 5.41) is 30.6. The van der Waals surface area contributed by atoms with Gasteiger partial charge in [-0.2, -0.15) is 0 Å². The standard InChI is InChI=1S/C19H15N5O7/c25-16(8-20-18(26)15-9-30-13-3-1-2-4-14(13)31-15)22-23-17-11-7-10(24(28)29)5-6-12(11)21-19(17)27/h1-7,15,21,27H,8-9H2,(H,20,26)/t15-/m0/s1. The Morgan fingerprint density at radius 2 is 2.03 bits per heavy atom. The summed E-state index contributed by atoms with van der Waals surface area (Å²) in [6.45, 7) is -0.479. The molecule has 1 aromatic heterocycles. The molecule has 1 aliphatic rings. The highest BCUT2D eigenvalue weighted by Crippen LogP contribution is 2.37. The van der Waals surface area contributed by atoms with E-state index in [-0.39, 0.29) is 23.4 Å². The van der Waals surface area contributed by atoms with Crippen LogP contribution in [0.15, 0.2) is 52.7 Å². The van der Waals surface area contributed by atoms with E-state index in [9.17, 15) is 24.8 Å². The van der Waals surface area contributed by atoms with Crippen LogP contribution in [0.2, 0.25) is 0 Å². The van der Waals surface area contributed by atoms with Gasteiger partial charge in [-0.15, -0.1) is 10.2 Å². The molecular weight excluding hydrogens is 410 g/mol. The van der Waals surface area contributed by atoms with Crippen LogP contribution < -0.4 is 14.8 Å². The van der Waals surface area contributed by atoms with Crippen molar-refractivity contribution in [2.75, 3.05) is 13.2 Å². The van der Waals surface area contributed by atoms with Crippen molar-refractivity contribution >= 4 is 34.1 Å². The molecule has 0 saturated heterocycles. The van der Waals surface area contributed by atoms with E-state index in [1.807, 2.05) is 0 Å². The summed E-state index contributed by atoms with van der Waals surface area (Å²) in [7, 11) is 0. The first-order chi connectivity index (χ1) is 14.9. The van der Waals surface area contributed by atoms with Crippen LogP contribution in [-0.2, 0) is 9.59 Å². The summed E-state index contributed by atoms with van der Waals surface area (Å²) in [6.07, 6.45) is -0.933. The second-order valence-corrected chi connectivity index (χ2v) is 6.48. The Morgan fingerprint density at radius 1 is 1.26 bits per heavy atom. The number of non-ortho nitro benzene ring substituents is 1. The van der Waals surface area contributed by atoms with Crippen LogP contribution in [-0.4, -0.2) is 46.1 Å². The number of amides is 2. The molecule has 0 spiro atoms. The summed E-state index contributed by atoms with van der Waals surface area (Å²) < 4.78 is 11.0. The predicted octanol–water partition coefficient (Wildman–Crippen LogP) is 2.35. The summed E-state index contributed by atoms with van der Waals surface area (Å²) in [4.78, 5) is 37.2. The Hall–Kier alpha value is -4.48. The predicted molar refractivity (Wildman–Crippen MR) is 106 cm³/mol. The number of benzene rings is 2. The van der Waals surface area contributed by atoms with Crippen molar-refractivity contribution in [1.82, 2.24) is 10.3 Å². The van der Waals surface area contributed by atoms with Crippen molar-refractivity contribution in [2.45, 2.75) is 6.10 Å². The molecule has 0 radical (unpaired) electrons. The van der Waals surface area contributed by atoms with Gasteiger partial charge >= 0.3 is 0 Å². The van der Waals surface area contributed by atoms with Crippen LogP contribution in [0.4, 0.5) is 11.4 Å². The van der Waals surface area contributed by atoms with Crippen molar-refractivity contribution in [2.24, 2.45) is 10.2 Å². The molecule has 0 unspecified atom stereocenters. The molecule has 2 aromatic carbocycles. The minimum Gasteiger partial charge on any atom is -0.493 e. The molecule has 12 nitrogen and oxygen atoms in total. The number of aromatic nitrogens is 1. The summed E-state index contributed by atoms with van der Waals surface area (Å²) >= 11 is 0. The number of para-hydroxylation sites is 2. The first-order valence-corrected chi connectivity index (χ1v) is 9.02. The maximum atomic E-state index is 12.2. The third-order valence-electron chi connectivity index (χ3n) is 4.42. The third kappa shape index (κ3) is 4.12. The highest BCUT2D eigenvalue weighted by atomic mass is 16.6. The maximum Gasteiger partial charge on any atom is 0.283 e. The molecule has 4 rings (SSSR count). The van der Waals surface area contributed by atoms with Gasteiger partial charge in [-0.3, -0.25) is 19.7 Å². The fourth-order valence-corrected chi connectivity index (χ4v) is 2.93. The van der Waals surface area contributed by atoms with Gasteiger partial charge in [0.05, 0.1) is 10.4 Å². The molecule has 1 atom stereocenters. The Morgan fingerprint density at radius 3 is 2.81 bits per heavy atom. The fourth-order valence-electron chi connectivity index (χ4n) is 2.93. The smallest absolute Gasteiger partial charge is 0.283 e. The van der Waals surface area contributed by atoms with Crippen LogP contribution in [0.25, 0.3) is 10.9 Å². The lowest BCUT2D eigenvalue weighted by atomic mass is 10.2. The number of aromatic hydroxyl groups is 1. The number of nitro groups is 1. The van der Waals surface area contributed by atoms with Crippen LogP contribution in [0.5, 0.6) is 17.4 Å². The highest BCUT2D eigenvalue weighted by Gasteiger charge is 2.27. The lowest BCUT2D eigenvalue weighted by Gasteiger charge is -2.25. The average molecular weight is 425 g/mol. The Kier molecular flexibility index (Phi) is 5.18. The number of nitrogens with zero attached hydrogens (tertiary/aromatic N) is 3. The number of nitrogens with one attached hydrogen (secondary N) is 2. The molecule has 2 amide bonds. The summed E-state index contributed by atoms with van der Waals surface area (Å²) in [5.74, 6) is -0.824. The fraction of sp³-hybridized carbons (Fsp3) is 0.158. The third-order valence-corrected chi connectivity index (χ3v) is 4.42. The number of carbonyl (C=O) groups excluding carboxylic acids is 2.